The number of rotatable bonds is 3. The van der Waals surface area contributed by atoms with Crippen molar-refractivity contribution in [3.05, 3.63) is 52.1 Å². The van der Waals surface area contributed by atoms with E-state index in [1.54, 1.807) is 24.5 Å². The van der Waals surface area contributed by atoms with Gasteiger partial charge in [0.15, 0.2) is 0 Å². The Morgan fingerprint density at radius 3 is 2.70 bits per heavy atom. The third kappa shape index (κ3) is 2.01. The van der Waals surface area contributed by atoms with Gasteiger partial charge in [-0.2, -0.15) is 0 Å². The largest absolute Gasteiger partial charge is 0.365 e. The highest BCUT2D eigenvalue weighted by molar-refractivity contribution is 5.93. The SMILES string of the molecule is Cc1c(-c2ccccn2)c(=O)c(C(N)=O)cn1C1CC1. The molecule has 1 aliphatic rings. The summed E-state index contributed by atoms with van der Waals surface area (Å²) in [5, 5.41) is 0. The first-order valence-corrected chi connectivity index (χ1v) is 6.56. The summed E-state index contributed by atoms with van der Waals surface area (Å²) in [5.41, 5.74) is 6.89. The van der Waals surface area contributed by atoms with Gasteiger partial charge in [0.1, 0.15) is 5.56 Å². The van der Waals surface area contributed by atoms with Gasteiger partial charge >= 0.3 is 0 Å². The van der Waals surface area contributed by atoms with Gasteiger partial charge < -0.3 is 10.3 Å². The van der Waals surface area contributed by atoms with Crippen molar-refractivity contribution >= 4 is 5.91 Å². The van der Waals surface area contributed by atoms with Crippen LogP contribution in [0.5, 0.6) is 0 Å². The van der Waals surface area contributed by atoms with Crippen LogP contribution in [0.25, 0.3) is 11.3 Å². The molecule has 3 rings (SSSR count). The average molecular weight is 269 g/mol. The van der Waals surface area contributed by atoms with E-state index in [9.17, 15) is 9.59 Å². The molecule has 0 unspecified atom stereocenters. The number of nitrogens with zero attached hydrogens (tertiary/aromatic N) is 2. The number of amides is 1. The molecule has 2 aromatic heterocycles. The fraction of sp³-hybridized carbons (Fsp3) is 0.267. The molecule has 1 aliphatic carbocycles. The molecule has 2 heterocycles. The third-order valence-corrected chi connectivity index (χ3v) is 3.62. The molecule has 0 bridgehead atoms. The Kier molecular flexibility index (Phi) is 2.89. The van der Waals surface area contributed by atoms with Gasteiger partial charge in [-0.1, -0.05) is 6.07 Å². The topological polar surface area (TPSA) is 78.0 Å². The van der Waals surface area contributed by atoms with Crippen LogP contribution in [0.15, 0.2) is 35.4 Å². The zero-order chi connectivity index (χ0) is 14.3. The molecule has 0 radical (unpaired) electrons. The second kappa shape index (κ2) is 4.59. The normalized spacial score (nSPS) is 14.2. The van der Waals surface area contributed by atoms with Crippen LogP contribution in [0.2, 0.25) is 0 Å². The summed E-state index contributed by atoms with van der Waals surface area (Å²) >= 11 is 0. The Morgan fingerprint density at radius 2 is 2.15 bits per heavy atom. The standard InChI is InChI=1S/C15H15N3O2/c1-9-13(12-4-2-3-7-17-12)14(19)11(15(16)20)8-18(9)10-5-6-10/h2-4,7-8,10H,5-6H2,1H3,(H2,16,20). The van der Waals surface area contributed by atoms with Gasteiger partial charge in [-0.3, -0.25) is 14.6 Å². The molecule has 0 saturated heterocycles. The maximum absolute atomic E-state index is 12.5. The highest BCUT2D eigenvalue weighted by atomic mass is 16.2. The first-order valence-electron chi connectivity index (χ1n) is 6.56. The molecule has 2 N–H and O–H groups in total. The minimum Gasteiger partial charge on any atom is -0.365 e. The van der Waals surface area contributed by atoms with Crippen LogP contribution in [0.1, 0.15) is 34.9 Å². The molecule has 1 saturated carbocycles. The van der Waals surface area contributed by atoms with Gasteiger partial charge in [0.2, 0.25) is 5.43 Å². The Labute approximate surface area is 116 Å². The lowest BCUT2D eigenvalue weighted by atomic mass is 10.1. The summed E-state index contributed by atoms with van der Waals surface area (Å²) in [4.78, 5) is 28.2. The highest BCUT2D eigenvalue weighted by Crippen LogP contribution is 2.37. The molecule has 2 aromatic rings. The van der Waals surface area contributed by atoms with E-state index in [1.807, 2.05) is 17.6 Å². The van der Waals surface area contributed by atoms with Crippen molar-refractivity contribution < 1.29 is 4.79 Å². The molecule has 5 nitrogen and oxygen atoms in total. The predicted octanol–water partition coefficient (Wildman–Crippen LogP) is 1.65. The number of hydrogen-bond acceptors (Lipinski definition) is 3. The molecule has 0 spiro atoms. The van der Waals surface area contributed by atoms with E-state index in [4.69, 9.17) is 5.73 Å². The number of pyridine rings is 2. The lowest BCUT2D eigenvalue weighted by Gasteiger charge is -2.15. The van der Waals surface area contributed by atoms with Crippen LogP contribution < -0.4 is 11.2 Å². The quantitative estimate of drug-likeness (QED) is 0.920. The van der Waals surface area contributed by atoms with E-state index in [1.165, 1.54) is 0 Å². The molecule has 102 valence electrons. The van der Waals surface area contributed by atoms with Gasteiger partial charge in [0.05, 0.1) is 11.3 Å². The molecule has 1 amide bonds. The van der Waals surface area contributed by atoms with Crippen molar-refractivity contribution in [2.45, 2.75) is 25.8 Å². The number of nitrogens with two attached hydrogens (primary N) is 1. The summed E-state index contributed by atoms with van der Waals surface area (Å²) in [6.07, 6.45) is 5.34. The van der Waals surface area contributed by atoms with Crippen molar-refractivity contribution in [3.63, 3.8) is 0 Å². The number of aromatic nitrogens is 2. The van der Waals surface area contributed by atoms with Gasteiger partial charge in [-0.05, 0) is 31.9 Å². The summed E-state index contributed by atoms with van der Waals surface area (Å²) in [6, 6.07) is 5.73. The van der Waals surface area contributed by atoms with Gasteiger partial charge in [-0.15, -0.1) is 0 Å². The van der Waals surface area contributed by atoms with E-state index in [0.717, 1.165) is 18.5 Å². The van der Waals surface area contributed by atoms with Crippen molar-refractivity contribution in [2.75, 3.05) is 0 Å². The fourth-order valence-corrected chi connectivity index (χ4v) is 2.44. The zero-order valence-corrected chi connectivity index (χ0v) is 11.2. The Bertz CT molecular complexity index is 731. The van der Waals surface area contributed by atoms with Crippen LogP contribution in [0, 0.1) is 6.92 Å². The fourth-order valence-electron chi connectivity index (χ4n) is 2.44. The van der Waals surface area contributed by atoms with Crippen molar-refractivity contribution in [1.29, 1.82) is 0 Å². The van der Waals surface area contributed by atoms with Crippen molar-refractivity contribution in [2.24, 2.45) is 5.73 Å². The maximum Gasteiger partial charge on any atom is 0.254 e. The first kappa shape index (κ1) is 12.6. The van der Waals surface area contributed by atoms with Crippen molar-refractivity contribution in [3.8, 4) is 11.3 Å². The van der Waals surface area contributed by atoms with Crippen molar-refractivity contribution in [1.82, 2.24) is 9.55 Å². The molecule has 0 aromatic carbocycles. The number of carbonyl (C=O) groups is 1. The maximum atomic E-state index is 12.5. The smallest absolute Gasteiger partial charge is 0.254 e. The monoisotopic (exact) mass is 269 g/mol. The molecule has 0 aliphatic heterocycles. The van der Waals surface area contributed by atoms with E-state index in [-0.39, 0.29) is 11.0 Å². The summed E-state index contributed by atoms with van der Waals surface area (Å²) in [6.45, 7) is 1.88. The number of primary amides is 1. The third-order valence-electron chi connectivity index (χ3n) is 3.62. The van der Waals surface area contributed by atoms with E-state index < -0.39 is 5.91 Å². The van der Waals surface area contributed by atoms with Crippen LogP contribution in [0.3, 0.4) is 0 Å². The lowest BCUT2D eigenvalue weighted by molar-refractivity contribution is 0.0998. The van der Waals surface area contributed by atoms with Crippen LogP contribution >= 0.6 is 0 Å². The van der Waals surface area contributed by atoms with E-state index in [0.29, 0.717) is 17.3 Å². The second-order valence-corrected chi connectivity index (χ2v) is 5.05. The van der Waals surface area contributed by atoms with Crippen LogP contribution in [-0.2, 0) is 0 Å². The van der Waals surface area contributed by atoms with Gasteiger partial charge in [0, 0.05) is 24.1 Å². The van der Waals surface area contributed by atoms with Gasteiger partial charge in [-0.25, -0.2) is 0 Å². The lowest BCUT2D eigenvalue weighted by Crippen LogP contribution is -2.26. The summed E-state index contributed by atoms with van der Waals surface area (Å²) < 4.78 is 1.98. The number of carbonyl (C=O) groups excluding carboxylic acids is 1. The van der Waals surface area contributed by atoms with Gasteiger partial charge in [0.25, 0.3) is 5.91 Å². The Hall–Kier alpha value is -2.43. The average Bonchev–Trinajstić information content (AvgIpc) is 3.24. The summed E-state index contributed by atoms with van der Waals surface area (Å²) in [5.74, 6) is -0.693. The second-order valence-electron chi connectivity index (χ2n) is 5.05. The minimum atomic E-state index is -0.693. The number of hydrogen-bond donors (Lipinski definition) is 1. The molecule has 5 heteroatoms. The molecule has 20 heavy (non-hydrogen) atoms. The minimum absolute atomic E-state index is 0.0307. The summed E-state index contributed by atoms with van der Waals surface area (Å²) in [7, 11) is 0. The van der Waals surface area contributed by atoms with Crippen LogP contribution in [0.4, 0.5) is 0 Å². The molecule has 0 atom stereocenters. The van der Waals surface area contributed by atoms with E-state index >= 15 is 0 Å². The highest BCUT2D eigenvalue weighted by Gasteiger charge is 2.27. The van der Waals surface area contributed by atoms with Crippen LogP contribution in [-0.4, -0.2) is 15.5 Å². The predicted molar refractivity (Wildman–Crippen MR) is 75.5 cm³/mol. The van der Waals surface area contributed by atoms with E-state index in [2.05, 4.69) is 4.98 Å². The first-order chi connectivity index (χ1) is 9.59. The zero-order valence-electron chi connectivity index (χ0n) is 11.2. The molecule has 1 fully saturated rings. The Balaban J connectivity index is 2.32. The molecular weight excluding hydrogens is 254 g/mol. The molecular formula is C15H15N3O2. The Morgan fingerprint density at radius 1 is 1.40 bits per heavy atom.